The second-order valence-electron chi connectivity index (χ2n) is 25.9. The van der Waals surface area contributed by atoms with Gasteiger partial charge in [0, 0.05) is 54.2 Å². The maximum atomic E-state index is 2.70. The molecule has 3 heterocycles. The largest absolute Gasteiger partial charge is 0.311 e. The molecule has 8 aromatic carbocycles. The van der Waals surface area contributed by atoms with E-state index in [1.165, 1.54) is 139 Å². The molecule has 0 saturated heterocycles. The summed E-state index contributed by atoms with van der Waals surface area (Å²) in [6.07, 6.45) is 4.72. The summed E-state index contributed by atoms with van der Waals surface area (Å²) < 4.78 is 2.76. The second-order valence-corrected chi connectivity index (χ2v) is 27.0. The lowest BCUT2D eigenvalue weighted by atomic mass is 9.33. The van der Waals surface area contributed by atoms with E-state index in [2.05, 4.69) is 245 Å². The minimum absolute atomic E-state index is 0.0165. The van der Waals surface area contributed by atoms with Gasteiger partial charge in [0.2, 0.25) is 0 Å². The first kappa shape index (κ1) is 46.4. The number of benzene rings is 8. The van der Waals surface area contributed by atoms with Crippen LogP contribution in [0.5, 0.6) is 0 Å². The van der Waals surface area contributed by atoms with Crippen molar-refractivity contribution in [3.05, 3.63) is 185 Å². The van der Waals surface area contributed by atoms with Gasteiger partial charge < -0.3 is 9.80 Å². The average Bonchev–Trinajstić information content (AvgIpc) is 3.73. The van der Waals surface area contributed by atoms with E-state index in [1.54, 1.807) is 0 Å². The summed E-state index contributed by atoms with van der Waals surface area (Å²) in [6, 6.07) is 59.5. The molecule has 0 bridgehead atoms. The summed E-state index contributed by atoms with van der Waals surface area (Å²) in [7, 11) is 0. The van der Waals surface area contributed by atoms with Crippen LogP contribution in [0.2, 0.25) is 0 Å². The van der Waals surface area contributed by atoms with Crippen molar-refractivity contribution in [3.63, 3.8) is 0 Å². The smallest absolute Gasteiger partial charge is 0.252 e. The molecule has 2 nitrogen and oxygen atoms in total. The molecule has 0 N–H and O–H groups in total. The minimum Gasteiger partial charge on any atom is -0.311 e. The Morgan fingerprint density at radius 1 is 0.425 bits per heavy atom. The molecular weight excluding hydrogens is 900 g/mol. The normalized spacial score (nSPS) is 17.7. The molecule has 2 aliphatic carbocycles. The summed E-state index contributed by atoms with van der Waals surface area (Å²) in [6.45, 7) is 29.1. The van der Waals surface area contributed by atoms with Gasteiger partial charge in [0.05, 0.1) is 5.69 Å². The van der Waals surface area contributed by atoms with Crippen LogP contribution in [0, 0.1) is 6.92 Å². The van der Waals surface area contributed by atoms with Crippen molar-refractivity contribution in [1.29, 1.82) is 0 Å². The van der Waals surface area contributed by atoms with Crippen LogP contribution in [0.25, 0.3) is 42.4 Å². The van der Waals surface area contributed by atoms with Crippen molar-refractivity contribution in [1.82, 2.24) is 0 Å². The van der Waals surface area contributed by atoms with Crippen molar-refractivity contribution in [3.8, 4) is 22.3 Å². The summed E-state index contributed by atoms with van der Waals surface area (Å²) in [5.41, 5.74) is 25.5. The van der Waals surface area contributed by atoms with Gasteiger partial charge >= 0.3 is 0 Å². The molecule has 9 aromatic rings. The Balaban J connectivity index is 1.19. The summed E-state index contributed by atoms with van der Waals surface area (Å²) in [5.74, 6) is 0. The van der Waals surface area contributed by atoms with Gasteiger partial charge in [-0.25, -0.2) is 0 Å². The fourth-order valence-corrected chi connectivity index (χ4v) is 14.8. The molecule has 0 radical (unpaired) electrons. The van der Waals surface area contributed by atoms with Gasteiger partial charge in [0.1, 0.15) is 0 Å². The fraction of sp³-hybridized carbons (Fsp3) is 0.304. The number of para-hydroxylation sites is 1. The van der Waals surface area contributed by atoms with E-state index in [9.17, 15) is 0 Å². The van der Waals surface area contributed by atoms with Gasteiger partial charge in [-0.3, -0.25) is 0 Å². The second kappa shape index (κ2) is 15.8. The van der Waals surface area contributed by atoms with Crippen molar-refractivity contribution in [2.45, 2.75) is 136 Å². The molecule has 2 aliphatic heterocycles. The highest BCUT2D eigenvalue weighted by atomic mass is 32.1. The lowest BCUT2D eigenvalue weighted by Crippen LogP contribution is -2.62. The third-order valence-electron chi connectivity index (χ3n) is 18.2. The third-order valence-corrected chi connectivity index (χ3v) is 19.4. The number of nitrogens with zero attached hydrogens (tertiary/aromatic N) is 2. The lowest BCUT2D eigenvalue weighted by molar-refractivity contribution is 0.332. The Bertz CT molecular complexity index is 3750. The van der Waals surface area contributed by atoms with Gasteiger partial charge in [-0.1, -0.05) is 173 Å². The zero-order valence-corrected chi connectivity index (χ0v) is 46.0. The van der Waals surface area contributed by atoms with Gasteiger partial charge in [-0.15, -0.1) is 11.3 Å². The van der Waals surface area contributed by atoms with E-state index < -0.39 is 0 Å². The molecule has 13 rings (SSSR count). The quantitative estimate of drug-likeness (QED) is 0.162. The maximum absolute atomic E-state index is 2.70. The molecule has 73 heavy (non-hydrogen) atoms. The number of hydrogen-bond acceptors (Lipinski definition) is 3. The molecule has 0 fully saturated rings. The molecule has 4 aliphatic rings. The first-order valence-electron chi connectivity index (χ1n) is 27.0. The van der Waals surface area contributed by atoms with Crippen LogP contribution < -0.4 is 26.2 Å². The topological polar surface area (TPSA) is 6.48 Å². The molecule has 1 aromatic heterocycles. The Hall–Kier alpha value is -6.36. The summed E-state index contributed by atoms with van der Waals surface area (Å²) in [4.78, 5) is 5.37. The van der Waals surface area contributed by atoms with Crippen LogP contribution in [0.1, 0.15) is 135 Å². The third kappa shape index (κ3) is 7.09. The first-order chi connectivity index (χ1) is 34.7. The van der Waals surface area contributed by atoms with Gasteiger partial charge in [0.25, 0.3) is 6.71 Å². The average molecular weight is 969 g/mol. The van der Waals surface area contributed by atoms with E-state index in [0.29, 0.717) is 0 Å². The SMILES string of the molecule is Cc1cc(C(C)(C)C)ccc1N1c2cc3c(cc2B2c4cc5sc6cc7c(cc6c5cc4N(c4ccccc4-c4ccccc4)c4cc(-c5ccccc5)cc1c42)C(C)(C)CCC7(C)C)C(C)(C)CCC3(C)C. The van der Waals surface area contributed by atoms with Crippen LogP contribution in [0.3, 0.4) is 0 Å². The standard InChI is InChI=1S/C69H69BN2S/c1-42-33-46(65(2,3)4)27-28-56(42)71-59-39-52-51(67(7,8)30-31-68(52,9)10)38-54(59)70-55-41-63-49(48-36-50-53(40-62(48)73-63)69(11,12)32-29-66(50,5)6)37-58(55)72(57-26-20-19-25-47(57)44-23-17-14-18-24-44)61-35-45(34-60(71)64(61)70)43-21-15-13-16-22-43/h13-28,33-41H,29-32H2,1-12H3. The Morgan fingerprint density at radius 2 is 0.918 bits per heavy atom. The van der Waals surface area contributed by atoms with E-state index in [0.717, 1.165) is 12.8 Å². The predicted octanol–water partition coefficient (Wildman–Crippen LogP) is 17.8. The van der Waals surface area contributed by atoms with Crippen molar-refractivity contribution >= 4 is 88.7 Å². The Kier molecular flexibility index (Phi) is 10.1. The molecule has 0 saturated carbocycles. The van der Waals surface area contributed by atoms with Gasteiger partial charge in [-0.2, -0.15) is 0 Å². The van der Waals surface area contributed by atoms with Crippen LogP contribution >= 0.6 is 11.3 Å². The molecule has 0 atom stereocenters. The molecule has 0 spiro atoms. The number of thiophene rings is 1. The highest BCUT2D eigenvalue weighted by Crippen LogP contribution is 2.54. The molecular formula is C69H69BN2S. The minimum atomic E-state index is -0.0165. The van der Waals surface area contributed by atoms with Crippen LogP contribution in [0.15, 0.2) is 152 Å². The lowest BCUT2D eigenvalue weighted by Gasteiger charge is -2.48. The molecule has 0 unspecified atom stereocenters. The fourth-order valence-electron chi connectivity index (χ4n) is 13.6. The van der Waals surface area contributed by atoms with Crippen molar-refractivity contribution in [2.24, 2.45) is 0 Å². The number of hydrogen-bond donors (Lipinski definition) is 0. The van der Waals surface area contributed by atoms with Gasteiger partial charge in [-0.05, 0) is 181 Å². The summed E-state index contributed by atoms with van der Waals surface area (Å²) in [5, 5.41) is 2.74. The highest BCUT2D eigenvalue weighted by Gasteiger charge is 2.48. The zero-order chi connectivity index (χ0) is 50.7. The predicted molar refractivity (Wildman–Crippen MR) is 318 cm³/mol. The monoisotopic (exact) mass is 969 g/mol. The highest BCUT2D eigenvalue weighted by molar-refractivity contribution is 7.26. The number of anilines is 6. The Morgan fingerprint density at radius 3 is 1.53 bits per heavy atom. The van der Waals surface area contributed by atoms with Crippen LogP contribution in [-0.2, 0) is 27.1 Å². The van der Waals surface area contributed by atoms with E-state index in [1.807, 2.05) is 11.3 Å². The van der Waals surface area contributed by atoms with E-state index >= 15 is 0 Å². The number of fused-ring (bicyclic) bond motifs is 9. The summed E-state index contributed by atoms with van der Waals surface area (Å²) >= 11 is 2.00. The van der Waals surface area contributed by atoms with Crippen LogP contribution in [-0.4, -0.2) is 6.71 Å². The first-order valence-corrected chi connectivity index (χ1v) is 27.9. The van der Waals surface area contributed by atoms with Gasteiger partial charge in [0.15, 0.2) is 0 Å². The molecule has 4 heteroatoms. The van der Waals surface area contributed by atoms with E-state index in [4.69, 9.17) is 0 Å². The molecule has 0 amide bonds. The van der Waals surface area contributed by atoms with Crippen molar-refractivity contribution in [2.75, 3.05) is 9.80 Å². The number of rotatable bonds is 4. The number of aryl methyl sites for hydroxylation is 1. The van der Waals surface area contributed by atoms with Crippen LogP contribution in [0.4, 0.5) is 34.1 Å². The zero-order valence-electron chi connectivity index (χ0n) is 45.1. The maximum Gasteiger partial charge on any atom is 0.252 e. The molecule has 364 valence electrons. The van der Waals surface area contributed by atoms with Crippen molar-refractivity contribution < 1.29 is 0 Å². The van der Waals surface area contributed by atoms with E-state index in [-0.39, 0.29) is 33.8 Å². The Labute approximate surface area is 439 Å².